The number of carbonyl (C=O) groups excluding carboxylic acids is 1. The molecule has 1 saturated heterocycles. The molecule has 2 heterocycles. The first-order valence-electron chi connectivity index (χ1n) is 7.30. The largest absolute Gasteiger partial charge is 0.469 e. The number of aryl methyl sites for hydroxylation is 1. The van der Waals surface area contributed by atoms with Crippen LogP contribution in [0.5, 0.6) is 0 Å². The van der Waals surface area contributed by atoms with Crippen LogP contribution in [-0.2, 0) is 18.6 Å². The maximum atomic E-state index is 11.8. The minimum atomic E-state index is -4.77. The van der Waals surface area contributed by atoms with E-state index in [-0.39, 0.29) is 23.9 Å². The molecule has 1 aliphatic rings. The molecule has 1 aromatic rings. The van der Waals surface area contributed by atoms with Crippen molar-refractivity contribution < 1.29 is 43.4 Å². The lowest BCUT2D eigenvalue weighted by Gasteiger charge is -2.19. The van der Waals surface area contributed by atoms with E-state index >= 15 is 0 Å². The first kappa shape index (κ1) is 19.8. The van der Waals surface area contributed by atoms with Crippen molar-refractivity contribution in [2.45, 2.75) is 38.4 Å². The third kappa shape index (κ3) is 4.18. The molecular weight excluding hydrogens is 361 g/mol. The number of ether oxygens (including phenoxy) is 2. The summed E-state index contributed by atoms with van der Waals surface area (Å²) < 4.78 is 26.5. The highest BCUT2D eigenvalue weighted by molar-refractivity contribution is 7.46. The van der Waals surface area contributed by atoms with Gasteiger partial charge in [0.05, 0.1) is 13.2 Å². The summed E-state index contributed by atoms with van der Waals surface area (Å²) in [6, 6.07) is 0. The fourth-order valence-corrected chi connectivity index (χ4v) is 2.82. The van der Waals surface area contributed by atoms with E-state index < -0.39 is 44.9 Å². The highest BCUT2D eigenvalue weighted by Gasteiger charge is 2.46. The molecule has 2 rings (SSSR count). The number of aliphatic hydroxyl groups excluding tert-OH is 2. The molecule has 0 aromatic carbocycles. The number of hydrogen-bond donors (Lipinski definition) is 5. The number of nitrogen functional groups attached to an aromatic ring is 1. The lowest BCUT2D eigenvalue weighted by atomic mass is 10.1. The van der Waals surface area contributed by atoms with Gasteiger partial charge in [-0.25, -0.2) is 14.3 Å². The van der Waals surface area contributed by atoms with E-state index in [1.54, 1.807) is 6.92 Å². The van der Waals surface area contributed by atoms with Gasteiger partial charge in [0.15, 0.2) is 11.9 Å². The van der Waals surface area contributed by atoms with E-state index in [9.17, 15) is 19.6 Å². The predicted molar refractivity (Wildman–Crippen MR) is 81.3 cm³/mol. The fourth-order valence-electron chi connectivity index (χ4n) is 2.48. The number of nitrogens with zero attached hydrogens (tertiary/aromatic N) is 2. The average Bonchev–Trinajstić information content (AvgIpc) is 2.95. The maximum absolute atomic E-state index is 11.8. The van der Waals surface area contributed by atoms with Gasteiger partial charge in [-0.2, -0.15) is 0 Å². The maximum Gasteiger partial charge on any atom is 0.469 e. The van der Waals surface area contributed by atoms with Crippen molar-refractivity contribution in [2.75, 3.05) is 18.9 Å². The van der Waals surface area contributed by atoms with Gasteiger partial charge in [0, 0.05) is 0 Å². The molecule has 142 valence electrons. The summed E-state index contributed by atoms with van der Waals surface area (Å²) in [7, 11) is -4.77. The fraction of sp³-hybridized carbons (Fsp3) is 0.667. The van der Waals surface area contributed by atoms with Crippen LogP contribution in [0.25, 0.3) is 0 Å². The highest BCUT2D eigenvalue weighted by Crippen LogP contribution is 2.39. The minimum absolute atomic E-state index is 0.118. The van der Waals surface area contributed by atoms with Crippen LogP contribution in [-0.4, -0.2) is 67.0 Å². The Morgan fingerprint density at radius 1 is 1.40 bits per heavy atom. The number of phosphoric ester groups is 1. The van der Waals surface area contributed by atoms with Crippen molar-refractivity contribution in [2.24, 2.45) is 0 Å². The topological polar surface area (TPSA) is 187 Å². The van der Waals surface area contributed by atoms with Crippen molar-refractivity contribution in [3.05, 3.63) is 11.5 Å². The Labute approximate surface area is 142 Å². The van der Waals surface area contributed by atoms with Crippen molar-refractivity contribution >= 4 is 19.6 Å². The Balaban J connectivity index is 2.24. The second-order valence-electron chi connectivity index (χ2n) is 5.32. The number of aliphatic hydroxyl groups is 2. The summed E-state index contributed by atoms with van der Waals surface area (Å²) in [6.07, 6.45) is -5.43. The molecule has 0 radical (unpaired) electrons. The second-order valence-corrected chi connectivity index (χ2v) is 6.56. The van der Waals surface area contributed by atoms with Gasteiger partial charge < -0.3 is 35.2 Å². The van der Waals surface area contributed by atoms with Crippen LogP contribution in [0.15, 0.2) is 0 Å². The molecule has 1 aliphatic heterocycles. The predicted octanol–water partition coefficient (Wildman–Crippen LogP) is -1.32. The number of hydrogen-bond acceptors (Lipinski definition) is 9. The van der Waals surface area contributed by atoms with Gasteiger partial charge in [0.1, 0.15) is 30.0 Å². The van der Waals surface area contributed by atoms with Crippen molar-refractivity contribution in [1.29, 1.82) is 0 Å². The van der Waals surface area contributed by atoms with E-state index in [4.69, 9.17) is 25.0 Å². The van der Waals surface area contributed by atoms with Crippen LogP contribution in [0.2, 0.25) is 0 Å². The van der Waals surface area contributed by atoms with Gasteiger partial charge in [-0.15, -0.1) is 0 Å². The van der Waals surface area contributed by atoms with E-state index in [2.05, 4.69) is 9.51 Å². The Morgan fingerprint density at radius 2 is 2.04 bits per heavy atom. The monoisotopic (exact) mass is 381 g/mol. The lowest BCUT2D eigenvalue weighted by molar-refractivity contribution is -0.0519. The second kappa shape index (κ2) is 7.38. The molecule has 0 amide bonds. The number of aromatic nitrogens is 2. The Hall–Kier alpha value is -1.53. The van der Waals surface area contributed by atoms with Gasteiger partial charge >= 0.3 is 13.8 Å². The summed E-state index contributed by atoms with van der Waals surface area (Å²) >= 11 is 0. The van der Waals surface area contributed by atoms with Crippen LogP contribution in [0.4, 0.5) is 5.82 Å². The number of imidazole rings is 1. The van der Waals surface area contributed by atoms with E-state index in [0.717, 1.165) is 0 Å². The normalized spacial score (nSPS) is 26.8. The molecule has 0 saturated carbocycles. The summed E-state index contributed by atoms with van der Waals surface area (Å²) in [6.45, 7) is 2.58. The Morgan fingerprint density at radius 3 is 2.60 bits per heavy atom. The summed E-state index contributed by atoms with van der Waals surface area (Å²) in [5.74, 6) is -0.673. The SMILES string of the molecule is CCOC(=O)c1nc(C)n(C2OC(COP(=O)(O)O)C(O)C2O)c1N. The number of phosphoric acid groups is 1. The first-order valence-corrected chi connectivity index (χ1v) is 8.83. The van der Waals surface area contributed by atoms with Crippen LogP contribution < -0.4 is 5.73 Å². The quantitative estimate of drug-likeness (QED) is 0.290. The van der Waals surface area contributed by atoms with Crippen molar-refractivity contribution in [3.63, 3.8) is 0 Å². The van der Waals surface area contributed by atoms with Gasteiger partial charge in [0.25, 0.3) is 0 Å². The number of anilines is 1. The molecule has 6 N–H and O–H groups in total. The van der Waals surface area contributed by atoms with E-state index in [1.807, 2.05) is 0 Å². The van der Waals surface area contributed by atoms with E-state index in [0.29, 0.717) is 0 Å². The van der Waals surface area contributed by atoms with Crippen LogP contribution in [0, 0.1) is 6.92 Å². The van der Waals surface area contributed by atoms with Crippen molar-refractivity contribution in [1.82, 2.24) is 9.55 Å². The number of carbonyl (C=O) groups is 1. The lowest BCUT2D eigenvalue weighted by Crippen LogP contribution is -2.34. The number of esters is 1. The molecular formula is C12H20N3O9P. The number of rotatable bonds is 6. The Bertz CT molecular complexity index is 688. The summed E-state index contributed by atoms with van der Waals surface area (Å²) in [4.78, 5) is 33.2. The molecule has 13 heteroatoms. The van der Waals surface area contributed by atoms with Gasteiger partial charge in [-0.3, -0.25) is 9.09 Å². The average molecular weight is 381 g/mol. The minimum Gasteiger partial charge on any atom is -0.461 e. The Kier molecular flexibility index (Phi) is 5.84. The van der Waals surface area contributed by atoms with Gasteiger partial charge in [-0.05, 0) is 13.8 Å². The molecule has 12 nitrogen and oxygen atoms in total. The zero-order chi connectivity index (χ0) is 18.9. The van der Waals surface area contributed by atoms with Crippen LogP contribution >= 0.6 is 7.82 Å². The molecule has 25 heavy (non-hydrogen) atoms. The first-order chi connectivity index (χ1) is 11.6. The van der Waals surface area contributed by atoms with Gasteiger partial charge in [-0.1, -0.05) is 0 Å². The van der Waals surface area contributed by atoms with Crippen LogP contribution in [0.3, 0.4) is 0 Å². The molecule has 4 atom stereocenters. The summed E-state index contributed by atoms with van der Waals surface area (Å²) in [5.41, 5.74) is 5.72. The smallest absolute Gasteiger partial charge is 0.461 e. The van der Waals surface area contributed by atoms with Gasteiger partial charge in [0.2, 0.25) is 0 Å². The molecule has 4 unspecified atom stereocenters. The standard InChI is InChI=1S/C12H20N3O9P/c1-3-22-12(18)7-10(13)15(5(2)14-7)11-9(17)8(16)6(24-11)4-23-25(19,20)21/h6,8-9,11,16-17H,3-4,13H2,1-2H3,(H2,19,20,21). The molecule has 0 spiro atoms. The molecule has 0 bridgehead atoms. The highest BCUT2D eigenvalue weighted by atomic mass is 31.2. The third-order valence-corrected chi connectivity index (χ3v) is 4.08. The van der Waals surface area contributed by atoms with Crippen molar-refractivity contribution in [3.8, 4) is 0 Å². The zero-order valence-corrected chi connectivity index (χ0v) is 14.4. The molecule has 1 aromatic heterocycles. The summed E-state index contributed by atoms with van der Waals surface area (Å²) in [5, 5.41) is 20.2. The van der Waals surface area contributed by atoms with E-state index in [1.165, 1.54) is 11.5 Å². The number of nitrogens with two attached hydrogens (primary N) is 1. The molecule has 1 fully saturated rings. The zero-order valence-electron chi connectivity index (χ0n) is 13.5. The molecule has 0 aliphatic carbocycles. The van der Waals surface area contributed by atoms with Crippen LogP contribution in [0.1, 0.15) is 29.5 Å². The third-order valence-electron chi connectivity index (χ3n) is 3.59.